The number of ether oxygens (including phenoxy) is 1. The van der Waals surface area contributed by atoms with Gasteiger partial charge in [-0.25, -0.2) is 8.78 Å². The van der Waals surface area contributed by atoms with Crippen LogP contribution in [0.15, 0.2) is 18.3 Å². The zero-order valence-corrected chi connectivity index (χ0v) is 7.97. The Balaban J connectivity index is 3.39. The quantitative estimate of drug-likeness (QED) is 0.793. The van der Waals surface area contributed by atoms with Crippen molar-refractivity contribution < 1.29 is 13.5 Å². The lowest BCUT2D eigenvalue weighted by molar-refractivity contribution is 0.382. The Morgan fingerprint density at radius 2 is 2.07 bits per heavy atom. The van der Waals surface area contributed by atoms with Gasteiger partial charge >= 0.3 is 0 Å². The molecule has 0 amide bonds. The summed E-state index contributed by atoms with van der Waals surface area (Å²) >= 11 is 0. The molecule has 0 unspecified atom stereocenters. The number of benzene rings is 1. The number of halogens is 2. The molecule has 0 aliphatic heterocycles. The van der Waals surface area contributed by atoms with E-state index in [1.54, 1.807) is 6.92 Å². The van der Waals surface area contributed by atoms with Gasteiger partial charge in [-0.1, -0.05) is 0 Å². The van der Waals surface area contributed by atoms with Crippen LogP contribution in [0, 0.1) is 11.6 Å². The van der Waals surface area contributed by atoms with Crippen molar-refractivity contribution in [2.45, 2.75) is 6.92 Å². The van der Waals surface area contributed by atoms with Gasteiger partial charge in [0.05, 0.1) is 7.11 Å². The van der Waals surface area contributed by atoms with Crippen LogP contribution in [-0.4, -0.2) is 7.11 Å². The third-order valence-corrected chi connectivity index (χ3v) is 1.89. The van der Waals surface area contributed by atoms with Crippen LogP contribution in [0.5, 0.6) is 5.75 Å². The van der Waals surface area contributed by atoms with Crippen LogP contribution in [-0.2, 0) is 0 Å². The molecular formula is C10H11F2NO. The molecular weight excluding hydrogens is 188 g/mol. The van der Waals surface area contributed by atoms with E-state index in [0.717, 1.165) is 6.07 Å². The summed E-state index contributed by atoms with van der Waals surface area (Å²) in [6, 6.07) is 1.95. The molecule has 0 heterocycles. The Morgan fingerprint density at radius 3 is 2.57 bits per heavy atom. The maximum atomic E-state index is 13.2. The van der Waals surface area contributed by atoms with Gasteiger partial charge in [0.25, 0.3) is 0 Å². The van der Waals surface area contributed by atoms with E-state index < -0.39 is 11.6 Å². The Labute approximate surface area is 81.0 Å². The summed E-state index contributed by atoms with van der Waals surface area (Å²) in [7, 11) is 1.32. The largest absolute Gasteiger partial charge is 0.493 e. The molecule has 1 aromatic rings. The first-order valence-electron chi connectivity index (χ1n) is 4.02. The molecule has 0 aliphatic rings. The molecule has 1 rings (SSSR count). The van der Waals surface area contributed by atoms with Crippen LogP contribution in [0.1, 0.15) is 12.5 Å². The standard InChI is InChI=1S/C10H11F2NO/c1-6(5-13)8-3-7(11)4-9(12)10(8)14-2/h3-5H,13H2,1-2H3/b6-5+. The molecule has 1 aromatic carbocycles. The average Bonchev–Trinajstić information content (AvgIpc) is 2.15. The van der Waals surface area contributed by atoms with Crippen LogP contribution in [0.25, 0.3) is 5.57 Å². The molecule has 0 atom stereocenters. The number of allylic oxidation sites excluding steroid dienone is 1. The minimum absolute atomic E-state index is 0.00519. The molecule has 0 aromatic heterocycles. The van der Waals surface area contributed by atoms with Gasteiger partial charge < -0.3 is 10.5 Å². The van der Waals surface area contributed by atoms with Crippen molar-refractivity contribution in [1.29, 1.82) is 0 Å². The van der Waals surface area contributed by atoms with E-state index in [1.165, 1.54) is 19.4 Å². The fourth-order valence-corrected chi connectivity index (χ4v) is 1.15. The minimum Gasteiger partial charge on any atom is -0.493 e. The van der Waals surface area contributed by atoms with E-state index in [2.05, 4.69) is 0 Å². The van der Waals surface area contributed by atoms with E-state index in [1.807, 2.05) is 0 Å². The monoisotopic (exact) mass is 199 g/mol. The second-order valence-corrected chi connectivity index (χ2v) is 2.82. The summed E-state index contributed by atoms with van der Waals surface area (Å²) in [6.07, 6.45) is 1.27. The SMILES string of the molecule is COc1c(F)cc(F)cc1/C(C)=C/N. The fourth-order valence-electron chi connectivity index (χ4n) is 1.15. The minimum atomic E-state index is -0.733. The molecule has 0 saturated heterocycles. The van der Waals surface area contributed by atoms with Gasteiger partial charge in [0.2, 0.25) is 0 Å². The van der Waals surface area contributed by atoms with Crippen LogP contribution < -0.4 is 10.5 Å². The number of methoxy groups -OCH3 is 1. The second-order valence-electron chi connectivity index (χ2n) is 2.82. The Bertz CT molecular complexity index is 375. The van der Waals surface area contributed by atoms with Crippen LogP contribution in [0.3, 0.4) is 0 Å². The first kappa shape index (κ1) is 10.5. The normalized spacial score (nSPS) is 11.6. The number of hydrogen-bond acceptors (Lipinski definition) is 2. The Morgan fingerprint density at radius 1 is 1.43 bits per heavy atom. The second kappa shape index (κ2) is 4.09. The zero-order chi connectivity index (χ0) is 10.7. The summed E-state index contributed by atoms with van der Waals surface area (Å²) in [5.74, 6) is -1.38. The molecule has 0 radical (unpaired) electrons. The lowest BCUT2D eigenvalue weighted by atomic mass is 10.1. The molecule has 0 spiro atoms. The number of rotatable bonds is 2. The zero-order valence-electron chi connectivity index (χ0n) is 7.97. The van der Waals surface area contributed by atoms with E-state index >= 15 is 0 Å². The summed E-state index contributed by atoms with van der Waals surface area (Å²) in [5.41, 5.74) is 6.15. The lowest BCUT2D eigenvalue weighted by Gasteiger charge is -2.09. The summed E-state index contributed by atoms with van der Waals surface area (Å²) in [4.78, 5) is 0. The molecule has 0 saturated carbocycles. The van der Waals surface area contributed by atoms with Gasteiger partial charge in [0.15, 0.2) is 11.6 Å². The average molecular weight is 199 g/mol. The van der Waals surface area contributed by atoms with E-state index in [4.69, 9.17) is 10.5 Å². The van der Waals surface area contributed by atoms with Gasteiger partial charge in [-0.15, -0.1) is 0 Å². The van der Waals surface area contributed by atoms with Crippen LogP contribution >= 0.6 is 0 Å². The topological polar surface area (TPSA) is 35.2 Å². The molecule has 0 aliphatic carbocycles. The van der Waals surface area contributed by atoms with E-state index in [0.29, 0.717) is 11.1 Å². The predicted octanol–water partition coefficient (Wildman–Crippen LogP) is 2.29. The van der Waals surface area contributed by atoms with Crippen LogP contribution in [0.4, 0.5) is 8.78 Å². The first-order valence-corrected chi connectivity index (χ1v) is 4.02. The highest BCUT2D eigenvalue weighted by Gasteiger charge is 2.12. The van der Waals surface area contributed by atoms with Crippen molar-refractivity contribution >= 4 is 5.57 Å². The molecule has 76 valence electrons. The summed E-state index contributed by atoms with van der Waals surface area (Å²) < 4.78 is 30.9. The third-order valence-electron chi connectivity index (χ3n) is 1.89. The Kier molecular flexibility index (Phi) is 3.06. The van der Waals surface area contributed by atoms with Gasteiger partial charge in [0, 0.05) is 11.6 Å². The van der Waals surface area contributed by atoms with Crippen molar-refractivity contribution in [3.05, 3.63) is 35.5 Å². The molecule has 2 nitrogen and oxygen atoms in total. The first-order chi connectivity index (χ1) is 6.60. The van der Waals surface area contributed by atoms with Gasteiger partial charge in [-0.05, 0) is 24.8 Å². The smallest absolute Gasteiger partial charge is 0.168 e. The summed E-state index contributed by atoms with van der Waals surface area (Å²) in [5, 5.41) is 0. The van der Waals surface area contributed by atoms with Gasteiger partial charge in [0.1, 0.15) is 5.82 Å². The maximum absolute atomic E-state index is 13.2. The van der Waals surface area contributed by atoms with Crippen LogP contribution in [0.2, 0.25) is 0 Å². The highest BCUT2D eigenvalue weighted by atomic mass is 19.1. The predicted molar refractivity (Wildman–Crippen MR) is 50.7 cm³/mol. The van der Waals surface area contributed by atoms with E-state index in [9.17, 15) is 8.78 Å². The maximum Gasteiger partial charge on any atom is 0.168 e. The number of nitrogens with two attached hydrogens (primary N) is 1. The van der Waals surface area contributed by atoms with Crippen molar-refractivity contribution in [2.24, 2.45) is 5.73 Å². The Hall–Kier alpha value is -1.58. The summed E-state index contributed by atoms with van der Waals surface area (Å²) in [6.45, 7) is 1.65. The van der Waals surface area contributed by atoms with Crippen molar-refractivity contribution in [1.82, 2.24) is 0 Å². The van der Waals surface area contributed by atoms with Crippen molar-refractivity contribution in [3.8, 4) is 5.75 Å². The molecule has 0 fully saturated rings. The highest BCUT2D eigenvalue weighted by molar-refractivity contribution is 5.68. The van der Waals surface area contributed by atoms with Gasteiger partial charge in [-0.3, -0.25) is 0 Å². The highest BCUT2D eigenvalue weighted by Crippen LogP contribution is 2.29. The molecule has 14 heavy (non-hydrogen) atoms. The molecule has 0 bridgehead atoms. The fraction of sp³-hybridized carbons (Fsp3) is 0.200. The number of hydrogen-bond donors (Lipinski definition) is 1. The molecule has 4 heteroatoms. The third kappa shape index (κ3) is 1.84. The van der Waals surface area contributed by atoms with Gasteiger partial charge in [-0.2, -0.15) is 0 Å². The van der Waals surface area contributed by atoms with E-state index in [-0.39, 0.29) is 5.75 Å². The molecule has 2 N–H and O–H groups in total. The van der Waals surface area contributed by atoms with Crippen molar-refractivity contribution in [2.75, 3.05) is 7.11 Å². The van der Waals surface area contributed by atoms with Crippen molar-refractivity contribution in [3.63, 3.8) is 0 Å². The lowest BCUT2D eigenvalue weighted by Crippen LogP contribution is -1.96.